The second-order valence-corrected chi connectivity index (χ2v) is 5.49. The summed E-state index contributed by atoms with van der Waals surface area (Å²) >= 11 is 1.64. The van der Waals surface area contributed by atoms with Crippen LogP contribution in [0.25, 0.3) is 10.2 Å². The summed E-state index contributed by atoms with van der Waals surface area (Å²) in [5, 5.41) is 6.63. The molecule has 1 N–H and O–H groups in total. The number of benzene rings is 1. The van der Waals surface area contributed by atoms with Crippen molar-refractivity contribution in [3.63, 3.8) is 0 Å². The lowest BCUT2D eigenvalue weighted by atomic mass is 10.1. The van der Waals surface area contributed by atoms with E-state index in [1.807, 2.05) is 11.4 Å². The molecule has 0 saturated heterocycles. The van der Waals surface area contributed by atoms with Gasteiger partial charge in [-0.1, -0.05) is 30.3 Å². The molecular formula is C15H15N3S. The van der Waals surface area contributed by atoms with Gasteiger partial charge in [-0.25, -0.2) is 9.97 Å². The van der Waals surface area contributed by atoms with Crippen molar-refractivity contribution in [1.29, 1.82) is 0 Å². The van der Waals surface area contributed by atoms with E-state index < -0.39 is 0 Å². The number of hydrogen-bond acceptors (Lipinski definition) is 4. The van der Waals surface area contributed by atoms with Gasteiger partial charge >= 0.3 is 0 Å². The van der Waals surface area contributed by atoms with Crippen LogP contribution in [0.3, 0.4) is 0 Å². The van der Waals surface area contributed by atoms with E-state index >= 15 is 0 Å². The fourth-order valence-corrected chi connectivity index (χ4v) is 2.89. The molecule has 1 unspecified atom stereocenters. The Hall–Kier alpha value is -1.94. The Kier molecular flexibility index (Phi) is 3.42. The third-order valence-electron chi connectivity index (χ3n) is 3.03. The third kappa shape index (κ3) is 2.74. The Labute approximate surface area is 116 Å². The molecule has 3 aromatic rings. The maximum atomic E-state index is 4.35. The number of nitrogens with zero attached hydrogens (tertiary/aromatic N) is 2. The Morgan fingerprint density at radius 2 is 2.00 bits per heavy atom. The lowest BCUT2D eigenvalue weighted by Crippen LogP contribution is -2.19. The Morgan fingerprint density at radius 3 is 2.84 bits per heavy atom. The average Bonchev–Trinajstić information content (AvgIpc) is 2.89. The van der Waals surface area contributed by atoms with Crippen LogP contribution in [0.5, 0.6) is 0 Å². The summed E-state index contributed by atoms with van der Waals surface area (Å²) in [6.45, 7) is 2.17. The van der Waals surface area contributed by atoms with Crippen molar-refractivity contribution in [3.05, 3.63) is 53.7 Å². The standard InChI is InChI=1S/C15H15N3S/c1-11(9-12-5-3-2-4-6-12)18-14-13-7-8-19-15(13)17-10-16-14/h2-8,10-11H,9H2,1H3,(H,16,17,18). The van der Waals surface area contributed by atoms with Crippen molar-refractivity contribution in [2.45, 2.75) is 19.4 Å². The first-order valence-electron chi connectivity index (χ1n) is 6.31. The van der Waals surface area contributed by atoms with E-state index in [0.717, 1.165) is 22.5 Å². The smallest absolute Gasteiger partial charge is 0.138 e. The van der Waals surface area contributed by atoms with Crippen LogP contribution in [0.15, 0.2) is 48.1 Å². The van der Waals surface area contributed by atoms with Gasteiger partial charge in [0.1, 0.15) is 17.0 Å². The van der Waals surface area contributed by atoms with E-state index in [1.165, 1.54) is 5.56 Å². The SMILES string of the molecule is CC(Cc1ccccc1)Nc1ncnc2sccc12. The zero-order valence-electron chi connectivity index (χ0n) is 10.7. The molecule has 96 valence electrons. The van der Waals surface area contributed by atoms with Crippen LogP contribution in [-0.2, 0) is 6.42 Å². The molecule has 0 fully saturated rings. The number of nitrogens with one attached hydrogen (secondary N) is 1. The number of hydrogen-bond donors (Lipinski definition) is 1. The Balaban J connectivity index is 1.76. The largest absolute Gasteiger partial charge is 0.367 e. The van der Waals surface area contributed by atoms with Crippen LogP contribution in [0.4, 0.5) is 5.82 Å². The van der Waals surface area contributed by atoms with E-state index in [2.05, 4.69) is 52.5 Å². The van der Waals surface area contributed by atoms with Gasteiger partial charge < -0.3 is 5.32 Å². The van der Waals surface area contributed by atoms with Gasteiger partial charge in [0.15, 0.2) is 0 Å². The summed E-state index contributed by atoms with van der Waals surface area (Å²) < 4.78 is 0. The highest BCUT2D eigenvalue weighted by Crippen LogP contribution is 2.24. The van der Waals surface area contributed by atoms with Crippen molar-refractivity contribution >= 4 is 27.4 Å². The minimum absolute atomic E-state index is 0.334. The normalized spacial score (nSPS) is 12.5. The molecule has 0 saturated carbocycles. The van der Waals surface area contributed by atoms with Crippen LogP contribution in [0, 0.1) is 0 Å². The highest BCUT2D eigenvalue weighted by atomic mass is 32.1. The highest BCUT2D eigenvalue weighted by molar-refractivity contribution is 7.16. The number of anilines is 1. The maximum Gasteiger partial charge on any atom is 0.138 e. The Morgan fingerprint density at radius 1 is 1.16 bits per heavy atom. The van der Waals surface area contributed by atoms with Gasteiger partial charge in [0, 0.05) is 6.04 Å². The van der Waals surface area contributed by atoms with Gasteiger partial charge in [0.05, 0.1) is 5.39 Å². The van der Waals surface area contributed by atoms with Crippen molar-refractivity contribution in [1.82, 2.24) is 9.97 Å². The topological polar surface area (TPSA) is 37.8 Å². The number of fused-ring (bicyclic) bond motifs is 1. The van der Waals surface area contributed by atoms with E-state index in [1.54, 1.807) is 17.7 Å². The van der Waals surface area contributed by atoms with Crippen LogP contribution in [0.1, 0.15) is 12.5 Å². The first kappa shape index (κ1) is 12.1. The molecule has 0 aliphatic rings. The quantitative estimate of drug-likeness (QED) is 0.784. The molecule has 0 amide bonds. The average molecular weight is 269 g/mol. The molecule has 0 bridgehead atoms. The van der Waals surface area contributed by atoms with Crippen LogP contribution in [0.2, 0.25) is 0 Å². The molecule has 0 aliphatic heterocycles. The van der Waals surface area contributed by atoms with Crippen LogP contribution in [-0.4, -0.2) is 16.0 Å². The fourth-order valence-electron chi connectivity index (χ4n) is 2.16. The van der Waals surface area contributed by atoms with E-state index in [9.17, 15) is 0 Å². The van der Waals surface area contributed by atoms with E-state index in [-0.39, 0.29) is 0 Å². The van der Waals surface area contributed by atoms with Crippen molar-refractivity contribution in [2.75, 3.05) is 5.32 Å². The first-order valence-corrected chi connectivity index (χ1v) is 7.19. The zero-order chi connectivity index (χ0) is 13.1. The summed E-state index contributed by atoms with van der Waals surface area (Å²) in [4.78, 5) is 9.64. The third-order valence-corrected chi connectivity index (χ3v) is 3.85. The molecule has 0 spiro atoms. The summed E-state index contributed by atoms with van der Waals surface area (Å²) in [7, 11) is 0. The second-order valence-electron chi connectivity index (χ2n) is 4.60. The molecule has 19 heavy (non-hydrogen) atoms. The van der Waals surface area contributed by atoms with Crippen LogP contribution < -0.4 is 5.32 Å². The number of rotatable bonds is 4. The molecule has 1 aromatic carbocycles. The van der Waals surface area contributed by atoms with Gasteiger partial charge in [0.2, 0.25) is 0 Å². The van der Waals surface area contributed by atoms with Crippen molar-refractivity contribution in [3.8, 4) is 0 Å². The number of thiophene rings is 1. The Bertz CT molecular complexity index is 663. The maximum absolute atomic E-state index is 4.35. The van der Waals surface area contributed by atoms with Gasteiger partial charge in [0.25, 0.3) is 0 Å². The highest BCUT2D eigenvalue weighted by Gasteiger charge is 2.08. The summed E-state index contributed by atoms with van der Waals surface area (Å²) in [5.41, 5.74) is 1.33. The predicted octanol–water partition coefficient (Wildman–Crippen LogP) is 3.73. The monoisotopic (exact) mass is 269 g/mol. The van der Waals surface area contributed by atoms with Crippen molar-refractivity contribution < 1.29 is 0 Å². The molecule has 1 atom stereocenters. The van der Waals surface area contributed by atoms with E-state index in [4.69, 9.17) is 0 Å². The molecule has 2 aromatic heterocycles. The summed E-state index contributed by atoms with van der Waals surface area (Å²) in [6, 6.07) is 12.9. The van der Waals surface area contributed by atoms with E-state index in [0.29, 0.717) is 6.04 Å². The van der Waals surface area contributed by atoms with Gasteiger partial charge in [-0.15, -0.1) is 11.3 Å². The fraction of sp³-hybridized carbons (Fsp3) is 0.200. The summed E-state index contributed by atoms with van der Waals surface area (Å²) in [5.74, 6) is 0.926. The molecule has 0 aliphatic carbocycles. The predicted molar refractivity (Wildman–Crippen MR) is 80.6 cm³/mol. The molecular weight excluding hydrogens is 254 g/mol. The lowest BCUT2D eigenvalue weighted by Gasteiger charge is -2.15. The minimum atomic E-state index is 0.334. The van der Waals surface area contributed by atoms with Gasteiger partial charge in [-0.3, -0.25) is 0 Å². The lowest BCUT2D eigenvalue weighted by molar-refractivity contribution is 0.786. The molecule has 3 rings (SSSR count). The number of aromatic nitrogens is 2. The molecule has 2 heterocycles. The van der Waals surface area contributed by atoms with Crippen molar-refractivity contribution in [2.24, 2.45) is 0 Å². The second kappa shape index (κ2) is 5.36. The zero-order valence-corrected chi connectivity index (χ0v) is 11.5. The summed E-state index contributed by atoms with van der Waals surface area (Å²) in [6.07, 6.45) is 2.60. The molecule has 0 radical (unpaired) electrons. The first-order chi connectivity index (χ1) is 9.33. The molecule has 4 heteroatoms. The van der Waals surface area contributed by atoms with Crippen LogP contribution >= 0.6 is 11.3 Å². The molecule has 3 nitrogen and oxygen atoms in total. The van der Waals surface area contributed by atoms with Gasteiger partial charge in [-0.05, 0) is 30.4 Å². The van der Waals surface area contributed by atoms with Gasteiger partial charge in [-0.2, -0.15) is 0 Å². The minimum Gasteiger partial charge on any atom is -0.367 e.